The maximum absolute atomic E-state index is 12.1. The molecular formula is C8H5Cl2F3N2S2. The van der Waals surface area contributed by atoms with E-state index in [0.717, 1.165) is 12.1 Å². The first-order chi connectivity index (χ1) is 7.69. The first kappa shape index (κ1) is 14.7. The summed E-state index contributed by atoms with van der Waals surface area (Å²) in [6, 6.07) is 2.26. The molecule has 0 unspecified atom stereocenters. The quantitative estimate of drug-likeness (QED) is 0.630. The molecule has 1 rings (SSSR count). The van der Waals surface area contributed by atoms with Crippen LogP contribution in [0.25, 0.3) is 0 Å². The van der Waals surface area contributed by atoms with E-state index in [9.17, 15) is 13.2 Å². The number of thioether (sulfide) groups is 1. The van der Waals surface area contributed by atoms with Gasteiger partial charge in [0.05, 0.1) is 15.7 Å². The van der Waals surface area contributed by atoms with E-state index in [1.54, 1.807) is 0 Å². The molecule has 0 aliphatic heterocycles. The van der Waals surface area contributed by atoms with Gasteiger partial charge in [0.1, 0.15) is 0 Å². The molecule has 0 aliphatic rings. The van der Waals surface area contributed by atoms with Crippen LogP contribution in [0.15, 0.2) is 17.0 Å². The summed E-state index contributed by atoms with van der Waals surface area (Å²) < 4.78 is 36.4. The van der Waals surface area contributed by atoms with Crippen LogP contribution in [0.3, 0.4) is 0 Å². The Labute approximate surface area is 115 Å². The van der Waals surface area contributed by atoms with E-state index >= 15 is 0 Å². The number of hydrogen-bond acceptors (Lipinski definition) is 2. The standard InChI is InChI=1S/C8H5Cl2F3N2S2/c9-4-1-3(17-8(11,12)13)2-5(10)6(4)15-7(14)16/h1-2H,(H3,14,15,16). The monoisotopic (exact) mass is 320 g/mol. The number of nitrogens with one attached hydrogen (secondary N) is 1. The number of thiocarbonyl (C=S) groups is 1. The van der Waals surface area contributed by atoms with Gasteiger partial charge in [-0.3, -0.25) is 0 Å². The molecular weight excluding hydrogens is 316 g/mol. The second-order valence-corrected chi connectivity index (χ2v) is 5.19. The minimum Gasteiger partial charge on any atom is -0.376 e. The third kappa shape index (κ3) is 4.79. The summed E-state index contributed by atoms with van der Waals surface area (Å²) in [5, 5.41) is 2.43. The third-order valence-corrected chi connectivity index (χ3v) is 2.90. The molecule has 0 bridgehead atoms. The Kier molecular flexibility index (Phi) is 4.77. The highest BCUT2D eigenvalue weighted by Gasteiger charge is 2.29. The molecule has 0 aliphatic carbocycles. The highest BCUT2D eigenvalue weighted by atomic mass is 35.5. The average molecular weight is 321 g/mol. The molecule has 0 heterocycles. The van der Waals surface area contributed by atoms with Crippen molar-refractivity contribution >= 4 is 58.0 Å². The Balaban J connectivity index is 3.05. The van der Waals surface area contributed by atoms with Gasteiger partial charge in [0.2, 0.25) is 0 Å². The number of rotatable bonds is 2. The van der Waals surface area contributed by atoms with E-state index in [4.69, 9.17) is 28.9 Å². The largest absolute Gasteiger partial charge is 0.446 e. The fraction of sp³-hybridized carbons (Fsp3) is 0.125. The lowest BCUT2D eigenvalue weighted by Crippen LogP contribution is -2.19. The first-order valence-corrected chi connectivity index (χ1v) is 5.98. The van der Waals surface area contributed by atoms with Crippen molar-refractivity contribution in [1.29, 1.82) is 0 Å². The molecule has 94 valence electrons. The summed E-state index contributed by atoms with van der Waals surface area (Å²) in [6.45, 7) is 0. The van der Waals surface area contributed by atoms with Crippen molar-refractivity contribution in [2.24, 2.45) is 5.73 Å². The fourth-order valence-electron chi connectivity index (χ4n) is 0.985. The Bertz CT molecular complexity index is 428. The predicted molar refractivity (Wildman–Crippen MR) is 68.8 cm³/mol. The van der Waals surface area contributed by atoms with Crippen molar-refractivity contribution in [2.45, 2.75) is 10.4 Å². The lowest BCUT2D eigenvalue weighted by Gasteiger charge is -2.11. The van der Waals surface area contributed by atoms with Gasteiger partial charge >= 0.3 is 5.51 Å². The zero-order valence-electron chi connectivity index (χ0n) is 7.94. The van der Waals surface area contributed by atoms with Gasteiger partial charge in [-0.25, -0.2) is 0 Å². The van der Waals surface area contributed by atoms with Crippen molar-refractivity contribution in [3.8, 4) is 0 Å². The lowest BCUT2D eigenvalue weighted by molar-refractivity contribution is -0.0328. The van der Waals surface area contributed by atoms with Crippen molar-refractivity contribution in [3.63, 3.8) is 0 Å². The molecule has 0 amide bonds. The van der Waals surface area contributed by atoms with E-state index in [0.29, 0.717) is 0 Å². The predicted octanol–water partition coefficient (Wildman–Crippen LogP) is 4.26. The molecule has 0 saturated carbocycles. The second kappa shape index (κ2) is 5.51. The van der Waals surface area contributed by atoms with Crippen molar-refractivity contribution in [2.75, 3.05) is 5.32 Å². The van der Waals surface area contributed by atoms with Crippen LogP contribution in [-0.2, 0) is 0 Å². The zero-order chi connectivity index (χ0) is 13.2. The molecule has 0 atom stereocenters. The highest BCUT2D eigenvalue weighted by molar-refractivity contribution is 8.00. The molecule has 0 aromatic heterocycles. The number of benzene rings is 1. The number of hydrogen-bond donors (Lipinski definition) is 2. The summed E-state index contributed by atoms with van der Waals surface area (Å²) in [7, 11) is 0. The lowest BCUT2D eigenvalue weighted by atomic mass is 10.3. The number of alkyl halides is 3. The Hall–Kier alpha value is -0.370. The number of halogens is 5. The molecule has 9 heteroatoms. The van der Waals surface area contributed by atoms with Crippen LogP contribution in [0.1, 0.15) is 0 Å². The van der Waals surface area contributed by atoms with E-state index < -0.39 is 5.51 Å². The Morgan fingerprint density at radius 1 is 1.29 bits per heavy atom. The van der Waals surface area contributed by atoms with Gasteiger partial charge < -0.3 is 11.1 Å². The summed E-state index contributed by atoms with van der Waals surface area (Å²) in [5.74, 6) is 0. The van der Waals surface area contributed by atoms with Crippen LogP contribution in [-0.4, -0.2) is 10.6 Å². The third-order valence-electron chi connectivity index (χ3n) is 1.50. The van der Waals surface area contributed by atoms with Gasteiger partial charge in [-0.05, 0) is 36.1 Å². The normalized spacial score (nSPS) is 11.4. The van der Waals surface area contributed by atoms with Crippen molar-refractivity contribution in [1.82, 2.24) is 0 Å². The van der Waals surface area contributed by atoms with Gasteiger partial charge in [0.15, 0.2) is 5.11 Å². The molecule has 0 spiro atoms. The smallest absolute Gasteiger partial charge is 0.376 e. The van der Waals surface area contributed by atoms with E-state index in [1.807, 2.05) is 0 Å². The molecule has 3 N–H and O–H groups in total. The summed E-state index contributed by atoms with van der Waals surface area (Å²) >= 11 is 15.8. The molecule has 1 aromatic rings. The summed E-state index contributed by atoms with van der Waals surface area (Å²) in [5.41, 5.74) is 1.01. The van der Waals surface area contributed by atoms with Gasteiger partial charge in [0.25, 0.3) is 0 Å². The van der Waals surface area contributed by atoms with E-state index in [-0.39, 0.29) is 37.5 Å². The first-order valence-electron chi connectivity index (χ1n) is 4.00. The molecule has 0 saturated heterocycles. The van der Waals surface area contributed by atoms with Gasteiger partial charge in [0, 0.05) is 4.90 Å². The van der Waals surface area contributed by atoms with E-state index in [1.165, 1.54) is 0 Å². The SMILES string of the molecule is NC(=S)Nc1c(Cl)cc(SC(F)(F)F)cc1Cl. The van der Waals surface area contributed by atoms with Crippen molar-refractivity contribution < 1.29 is 13.2 Å². The van der Waals surface area contributed by atoms with Crippen LogP contribution >= 0.6 is 47.2 Å². The van der Waals surface area contributed by atoms with E-state index in [2.05, 4.69) is 17.5 Å². The number of nitrogens with two attached hydrogens (primary N) is 1. The van der Waals surface area contributed by atoms with Crippen LogP contribution in [0.4, 0.5) is 18.9 Å². The topological polar surface area (TPSA) is 38.0 Å². The highest BCUT2D eigenvalue weighted by Crippen LogP contribution is 2.41. The zero-order valence-corrected chi connectivity index (χ0v) is 11.1. The molecule has 2 nitrogen and oxygen atoms in total. The fourth-order valence-corrected chi connectivity index (χ4v) is 2.42. The summed E-state index contributed by atoms with van der Waals surface area (Å²) in [6.07, 6.45) is 0. The minimum absolute atomic E-state index is 0.0112. The molecule has 0 fully saturated rings. The van der Waals surface area contributed by atoms with Gasteiger partial charge in [-0.15, -0.1) is 0 Å². The van der Waals surface area contributed by atoms with Crippen LogP contribution in [0.5, 0.6) is 0 Å². The summed E-state index contributed by atoms with van der Waals surface area (Å²) in [4.78, 5) is -0.110. The second-order valence-electron chi connectivity index (χ2n) is 2.80. The molecule has 17 heavy (non-hydrogen) atoms. The Morgan fingerprint density at radius 3 is 2.12 bits per heavy atom. The van der Waals surface area contributed by atoms with Crippen molar-refractivity contribution in [3.05, 3.63) is 22.2 Å². The van der Waals surface area contributed by atoms with Crippen LogP contribution < -0.4 is 11.1 Å². The average Bonchev–Trinajstić information content (AvgIpc) is 2.08. The Morgan fingerprint density at radius 2 is 1.76 bits per heavy atom. The van der Waals surface area contributed by atoms with Gasteiger partial charge in [-0.2, -0.15) is 13.2 Å². The van der Waals surface area contributed by atoms with Crippen LogP contribution in [0, 0.1) is 0 Å². The van der Waals surface area contributed by atoms with Gasteiger partial charge in [-0.1, -0.05) is 23.2 Å². The number of anilines is 1. The van der Waals surface area contributed by atoms with Crippen LogP contribution in [0.2, 0.25) is 10.0 Å². The minimum atomic E-state index is -4.40. The maximum atomic E-state index is 12.1. The maximum Gasteiger partial charge on any atom is 0.446 e. The molecule has 1 aromatic carbocycles. The molecule has 0 radical (unpaired) electrons.